The first-order valence-corrected chi connectivity index (χ1v) is 9.27. The molecule has 0 N–H and O–H groups in total. The fraction of sp³-hybridized carbons (Fsp3) is 1.00. The van der Waals surface area contributed by atoms with Crippen molar-refractivity contribution in [2.24, 2.45) is 5.41 Å². The standard InChI is InChI=1S/C11H24N2S2/c1-12-7-4-5-11(9-12)6-8-13(10-11)15(2,3)14/h14H,4-10H2,1-3H3. The Morgan fingerprint density at radius 3 is 2.40 bits per heavy atom. The van der Waals surface area contributed by atoms with Gasteiger partial charge in [-0.05, 0) is 50.8 Å². The molecule has 1 unspecified atom stereocenters. The van der Waals surface area contributed by atoms with E-state index in [1.165, 1.54) is 45.4 Å². The Balaban J connectivity index is 2.01. The van der Waals surface area contributed by atoms with Gasteiger partial charge in [-0.2, -0.15) is 0 Å². The minimum absolute atomic E-state index is 0.597. The van der Waals surface area contributed by atoms with Gasteiger partial charge in [-0.25, -0.2) is 0 Å². The Labute approximate surface area is 101 Å². The lowest BCUT2D eigenvalue weighted by atomic mass is 9.79. The maximum atomic E-state index is 4.77. The van der Waals surface area contributed by atoms with E-state index in [0.717, 1.165) is 0 Å². The number of rotatable bonds is 1. The summed E-state index contributed by atoms with van der Waals surface area (Å²) in [7, 11) is 1.48. The third-order valence-corrected chi connectivity index (χ3v) is 6.16. The Hall–Kier alpha value is 0.620. The first-order chi connectivity index (χ1) is 6.91. The van der Waals surface area contributed by atoms with Gasteiger partial charge in [0.05, 0.1) is 0 Å². The first kappa shape index (κ1) is 12.1. The van der Waals surface area contributed by atoms with Crippen LogP contribution in [0.2, 0.25) is 0 Å². The molecule has 2 aliphatic heterocycles. The van der Waals surface area contributed by atoms with Crippen LogP contribution in [0.3, 0.4) is 0 Å². The third-order valence-electron chi connectivity index (χ3n) is 3.89. The zero-order valence-corrected chi connectivity index (χ0v) is 11.9. The lowest BCUT2D eigenvalue weighted by Crippen LogP contribution is -2.42. The minimum Gasteiger partial charge on any atom is -0.306 e. The van der Waals surface area contributed by atoms with Crippen LogP contribution in [0.1, 0.15) is 19.3 Å². The highest BCUT2D eigenvalue weighted by molar-refractivity contribution is 8.86. The van der Waals surface area contributed by atoms with E-state index in [4.69, 9.17) is 11.7 Å². The van der Waals surface area contributed by atoms with Gasteiger partial charge in [-0.3, -0.25) is 4.31 Å². The molecule has 0 aromatic rings. The van der Waals surface area contributed by atoms with Gasteiger partial charge in [0.15, 0.2) is 0 Å². The van der Waals surface area contributed by atoms with Gasteiger partial charge in [-0.1, -0.05) is 0 Å². The van der Waals surface area contributed by atoms with Gasteiger partial charge in [0.1, 0.15) is 0 Å². The van der Waals surface area contributed by atoms with E-state index in [9.17, 15) is 0 Å². The van der Waals surface area contributed by atoms with Crippen molar-refractivity contribution in [1.29, 1.82) is 0 Å². The van der Waals surface area contributed by atoms with E-state index in [-0.39, 0.29) is 0 Å². The van der Waals surface area contributed by atoms with Gasteiger partial charge >= 0.3 is 0 Å². The molecule has 4 heteroatoms. The molecule has 0 aliphatic carbocycles. The Bertz CT molecular complexity index is 239. The molecule has 2 heterocycles. The van der Waals surface area contributed by atoms with Crippen LogP contribution in [0.5, 0.6) is 0 Å². The van der Waals surface area contributed by atoms with Crippen LogP contribution in [0.25, 0.3) is 0 Å². The molecule has 0 aromatic heterocycles. The molecule has 1 spiro atoms. The lowest BCUT2D eigenvalue weighted by molar-refractivity contribution is 0.122. The Kier molecular flexibility index (Phi) is 3.33. The summed E-state index contributed by atoms with van der Waals surface area (Å²) in [5.74, 6) is 0. The molecule has 2 rings (SSSR count). The highest BCUT2D eigenvalue weighted by Gasteiger charge is 2.42. The Morgan fingerprint density at radius 2 is 1.87 bits per heavy atom. The molecule has 90 valence electrons. The van der Waals surface area contributed by atoms with Crippen LogP contribution in [-0.2, 0) is 0 Å². The maximum Gasteiger partial charge on any atom is 0.0151 e. The van der Waals surface area contributed by atoms with E-state index in [0.29, 0.717) is 5.41 Å². The normalized spacial score (nSPS) is 36.3. The summed E-state index contributed by atoms with van der Waals surface area (Å²) < 4.78 is 2.62. The summed E-state index contributed by atoms with van der Waals surface area (Å²) in [5, 5.41) is 0. The van der Waals surface area contributed by atoms with Crippen LogP contribution >= 0.6 is 20.9 Å². The largest absolute Gasteiger partial charge is 0.306 e. The second-order valence-corrected chi connectivity index (χ2v) is 11.3. The van der Waals surface area contributed by atoms with Gasteiger partial charge in [0.25, 0.3) is 0 Å². The minimum atomic E-state index is -0.786. The number of hydrogen-bond acceptors (Lipinski definition) is 3. The van der Waals surface area contributed by atoms with Crippen molar-refractivity contribution in [2.75, 3.05) is 45.7 Å². The number of nitrogens with zero attached hydrogens (tertiary/aromatic N) is 2. The van der Waals surface area contributed by atoms with Gasteiger partial charge < -0.3 is 4.90 Å². The third kappa shape index (κ3) is 2.65. The molecule has 0 radical (unpaired) electrons. The molecule has 0 amide bonds. The van der Waals surface area contributed by atoms with Crippen molar-refractivity contribution < 1.29 is 0 Å². The monoisotopic (exact) mass is 248 g/mol. The van der Waals surface area contributed by atoms with E-state index in [1.807, 2.05) is 0 Å². The fourth-order valence-corrected chi connectivity index (χ4v) is 4.61. The molecule has 2 aliphatic rings. The summed E-state index contributed by atoms with van der Waals surface area (Å²) in [6.45, 7) is 5.13. The maximum absolute atomic E-state index is 4.77. The predicted molar refractivity (Wildman–Crippen MR) is 73.8 cm³/mol. The summed E-state index contributed by atoms with van der Waals surface area (Å²) in [6.07, 6.45) is 8.78. The lowest BCUT2D eigenvalue weighted by Gasteiger charge is -2.41. The van der Waals surface area contributed by atoms with Crippen molar-refractivity contribution in [3.8, 4) is 0 Å². The summed E-state index contributed by atoms with van der Waals surface area (Å²) >= 11 is 4.77. The van der Waals surface area contributed by atoms with E-state index < -0.39 is 9.25 Å². The molecular weight excluding hydrogens is 224 g/mol. The molecule has 2 saturated heterocycles. The number of likely N-dealkylation sites (tertiary alicyclic amines) is 1. The van der Waals surface area contributed by atoms with Gasteiger partial charge in [0.2, 0.25) is 0 Å². The van der Waals surface area contributed by atoms with E-state index in [1.54, 1.807) is 0 Å². The van der Waals surface area contributed by atoms with Crippen molar-refractivity contribution in [2.45, 2.75) is 19.3 Å². The molecular formula is C11H24N2S2. The van der Waals surface area contributed by atoms with Crippen LogP contribution in [-0.4, -0.2) is 54.9 Å². The molecule has 2 fully saturated rings. The second kappa shape index (κ2) is 4.13. The average molecular weight is 248 g/mol. The molecule has 2 nitrogen and oxygen atoms in total. The highest BCUT2D eigenvalue weighted by atomic mass is 33.1. The second-order valence-electron chi connectivity index (χ2n) is 5.68. The Morgan fingerprint density at radius 1 is 1.13 bits per heavy atom. The molecule has 0 bridgehead atoms. The summed E-state index contributed by atoms with van der Waals surface area (Å²) in [6, 6.07) is 0. The summed E-state index contributed by atoms with van der Waals surface area (Å²) in [5.41, 5.74) is 0.597. The van der Waals surface area contributed by atoms with Gasteiger partial charge in [-0.15, -0.1) is 20.9 Å². The average Bonchev–Trinajstić information content (AvgIpc) is 2.48. The van der Waals surface area contributed by atoms with Crippen molar-refractivity contribution in [3.05, 3.63) is 0 Å². The molecule has 0 aromatic carbocycles. The number of hydrogen-bond donors (Lipinski definition) is 1. The molecule has 15 heavy (non-hydrogen) atoms. The first-order valence-electron chi connectivity index (χ1n) is 5.81. The number of piperidine rings is 1. The van der Waals surface area contributed by atoms with E-state index >= 15 is 0 Å². The van der Waals surface area contributed by atoms with Crippen molar-refractivity contribution >= 4 is 20.9 Å². The number of thiol groups is 1. The zero-order valence-electron chi connectivity index (χ0n) is 10.2. The zero-order chi connectivity index (χ0) is 11.1. The van der Waals surface area contributed by atoms with Crippen LogP contribution < -0.4 is 0 Å². The molecule has 0 saturated carbocycles. The van der Waals surface area contributed by atoms with Crippen LogP contribution in [0.4, 0.5) is 0 Å². The van der Waals surface area contributed by atoms with Crippen LogP contribution in [0.15, 0.2) is 0 Å². The quantitative estimate of drug-likeness (QED) is 0.561. The summed E-state index contributed by atoms with van der Waals surface area (Å²) in [4.78, 5) is 2.51. The highest BCUT2D eigenvalue weighted by Crippen LogP contribution is 2.54. The fourth-order valence-electron chi connectivity index (χ4n) is 3.06. The molecule has 1 atom stereocenters. The van der Waals surface area contributed by atoms with Crippen LogP contribution in [0, 0.1) is 5.41 Å². The van der Waals surface area contributed by atoms with E-state index in [2.05, 4.69) is 28.8 Å². The smallest absolute Gasteiger partial charge is 0.0151 e. The predicted octanol–water partition coefficient (Wildman–Crippen LogP) is 2.23. The SMILES string of the molecule is CN1CCCC2(CCN(S(C)(C)S)C2)C1. The van der Waals surface area contributed by atoms with Crippen molar-refractivity contribution in [3.63, 3.8) is 0 Å². The van der Waals surface area contributed by atoms with Gasteiger partial charge in [0, 0.05) is 19.6 Å². The van der Waals surface area contributed by atoms with Crippen molar-refractivity contribution in [1.82, 2.24) is 9.21 Å². The topological polar surface area (TPSA) is 6.48 Å².